The van der Waals surface area contributed by atoms with Gasteiger partial charge < -0.3 is 4.74 Å². The fourth-order valence-electron chi connectivity index (χ4n) is 2.20. The molecule has 1 aliphatic heterocycles. The number of nitrogens with zero attached hydrogens (tertiary/aromatic N) is 1. The van der Waals surface area contributed by atoms with Crippen molar-refractivity contribution < 1.29 is 22.3 Å². The summed E-state index contributed by atoms with van der Waals surface area (Å²) in [6, 6.07) is 11.5. The van der Waals surface area contributed by atoms with E-state index >= 15 is 0 Å². The largest absolute Gasteiger partial charge is 0.426 e. The second kappa shape index (κ2) is 6.40. The number of rotatable bonds is 4. The molecular formula is C16H13FN2O4S. The van der Waals surface area contributed by atoms with Crippen molar-refractivity contribution in [2.24, 2.45) is 4.99 Å². The molecule has 6 nitrogen and oxygen atoms in total. The van der Waals surface area contributed by atoms with Crippen LogP contribution in [0.25, 0.3) is 0 Å². The molecular weight excluding hydrogens is 335 g/mol. The molecule has 0 radical (unpaired) electrons. The predicted molar refractivity (Wildman–Crippen MR) is 84.8 cm³/mol. The van der Waals surface area contributed by atoms with Gasteiger partial charge in [0.15, 0.2) is 0 Å². The van der Waals surface area contributed by atoms with Crippen LogP contribution in [-0.4, -0.2) is 26.8 Å². The highest BCUT2D eigenvalue weighted by Gasteiger charge is 2.29. The number of hydrogen-bond donors (Lipinski definition) is 1. The average molecular weight is 348 g/mol. The predicted octanol–water partition coefficient (Wildman–Crippen LogP) is 1.86. The third kappa shape index (κ3) is 3.43. The number of carbonyl (C=O) groups excluding carboxylic acids is 1. The van der Waals surface area contributed by atoms with Crippen LogP contribution in [0.3, 0.4) is 0 Å². The Morgan fingerprint density at radius 3 is 2.58 bits per heavy atom. The van der Waals surface area contributed by atoms with Gasteiger partial charge in [-0.05, 0) is 36.4 Å². The molecule has 0 aromatic heterocycles. The minimum Gasteiger partial charge on any atom is -0.426 e. The number of halogens is 1. The number of amidine groups is 1. The summed E-state index contributed by atoms with van der Waals surface area (Å²) >= 11 is 0. The van der Waals surface area contributed by atoms with Gasteiger partial charge in [0.25, 0.3) is 10.0 Å². The summed E-state index contributed by atoms with van der Waals surface area (Å²) in [5, 5.41) is 0. The Morgan fingerprint density at radius 2 is 1.83 bits per heavy atom. The zero-order valence-corrected chi connectivity index (χ0v) is 13.2. The average Bonchev–Trinajstić information content (AvgIpc) is 2.81. The molecule has 2 aromatic carbocycles. The van der Waals surface area contributed by atoms with Crippen molar-refractivity contribution in [3.05, 3.63) is 59.9 Å². The molecule has 0 amide bonds. The number of sulfonamides is 1. The smallest absolute Gasteiger partial charge is 0.313 e. The second-order valence-electron chi connectivity index (χ2n) is 5.01. The van der Waals surface area contributed by atoms with E-state index in [-0.39, 0.29) is 29.4 Å². The van der Waals surface area contributed by atoms with Crippen molar-refractivity contribution in [3.63, 3.8) is 0 Å². The first-order valence-corrected chi connectivity index (χ1v) is 8.57. The first kappa shape index (κ1) is 16.1. The molecule has 0 atom stereocenters. The maximum Gasteiger partial charge on any atom is 0.313 e. The van der Waals surface area contributed by atoms with Gasteiger partial charge in [0.2, 0.25) is 0 Å². The lowest BCUT2D eigenvalue weighted by Gasteiger charge is -2.03. The summed E-state index contributed by atoms with van der Waals surface area (Å²) in [4.78, 5) is 16.0. The number of esters is 1. The van der Waals surface area contributed by atoms with E-state index in [1.165, 1.54) is 30.3 Å². The van der Waals surface area contributed by atoms with Crippen LogP contribution in [0.4, 0.5) is 4.39 Å². The molecule has 3 rings (SSSR count). The lowest BCUT2D eigenvalue weighted by Crippen LogP contribution is -2.22. The molecule has 0 bridgehead atoms. The van der Waals surface area contributed by atoms with Crippen LogP contribution in [0.1, 0.15) is 12.0 Å². The molecule has 8 heteroatoms. The van der Waals surface area contributed by atoms with Crippen molar-refractivity contribution in [2.75, 3.05) is 6.54 Å². The number of ether oxygens (including phenoxy) is 1. The number of hydrogen-bond acceptors (Lipinski definition) is 5. The van der Waals surface area contributed by atoms with Crippen LogP contribution in [0, 0.1) is 5.82 Å². The van der Waals surface area contributed by atoms with E-state index < -0.39 is 21.8 Å². The van der Waals surface area contributed by atoms with Crippen LogP contribution >= 0.6 is 0 Å². The minimum atomic E-state index is -3.59. The summed E-state index contributed by atoms with van der Waals surface area (Å²) in [7, 11) is -3.59. The van der Waals surface area contributed by atoms with Gasteiger partial charge in [-0.3, -0.25) is 14.5 Å². The standard InChI is InChI=1S/C16H13FN2O4S/c17-11-5-7-12(8-6-11)23-15(20)9-10-18-16-13-3-1-2-4-14(13)24(21,22)19-16/h1-8H,9-10H2,(H,18,19). The molecule has 0 aliphatic carbocycles. The Morgan fingerprint density at radius 1 is 1.12 bits per heavy atom. The molecule has 0 saturated heterocycles. The molecule has 24 heavy (non-hydrogen) atoms. The minimum absolute atomic E-state index is 0.0369. The molecule has 0 unspecified atom stereocenters. The van der Waals surface area contributed by atoms with Gasteiger partial charge in [0.1, 0.15) is 17.4 Å². The highest BCUT2D eigenvalue weighted by atomic mass is 32.2. The lowest BCUT2D eigenvalue weighted by atomic mass is 10.2. The number of nitrogens with one attached hydrogen (secondary N) is 1. The Balaban J connectivity index is 1.63. The monoisotopic (exact) mass is 348 g/mol. The van der Waals surface area contributed by atoms with E-state index in [9.17, 15) is 17.6 Å². The number of fused-ring (bicyclic) bond motifs is 1. The van der Waals surface area contributed by atoms with Crippen LogP contribution in [0.15, 0.2) is 58.4 Å². The van der Waals surface area contributed by atoms with Crippen molar-refractivity contribution in [3.8, 4) is 5.75 Å². The highest BCUT2D eigenvalue weighted by Crippen LogP contribution is 2.22. The summed E-state index contributed by atoms with van der Waals surface area (Å²) in [6.45, 7) is 0.0617. The molecule has 2 aromatic rings. The van der Waals surface area contributed by atoms with Gasteiger partial charge in [-0.15, -0.1) is 0 Å². The summed E-state index contributed by atoms with van der Waals surface area (Å²) < 4.78 is 44.0. The first-order valence-electron chi connectivity index (χ1n) is 7.09. The highest BCUT2D eigenvalue weighted by molar-refractivity contribution is 7.90. The van der Waals surface area contributed by atoms with E-state index in [0.717, 1.165) is 0 Å². The molecule has 0 fully saturated rings. The van der Waals surface area contributed by atoms with Gasteiger partial charge in [0, 0.05) is 5.56 Å². The van der Waals surface area contributed by atoms with E-state index in [4.69, 9.17) is 4.74 Å². The molecule has 0 saturated carbocycles. The maximum absolute atomic E-state index is 12.8. The van der Waals surface area contributed by atoms with Gasteiger partial charge in [-0.25, -0.2) is 12.8 Å². The Hall–Kier alpha value is -2.74. The summed E-state index contributed by atoms with van der Waals surface area (Å²) in [5.41, 5.74) is 0.476. The van der Waals surface area contributed by atoms with Gasteiger partial charge >= 0.3 is 5.97 Å². The van der Waals surface area contributed by atoms with E-state index in [1.54, 1.807) is 18.2 Å². The van der Waals surface area contributed by atoms with Crippen molar-refractivity contribution >= 4 is 21.8 Å². The van der Waals surface area contributed by atoms with Crippen LogP contribution in [0.2, 0.25) is 0 Å². The maximum atomic E-state index is 12.8. The second-order valence-corrected chi connectivity index (χ2v) is 6.66. The van der Waals surface area contributed by atoms with Crippen molar-refractivity contribution in [1.29, 1.82) is 0 Å². The first-order chi connectivity index (χ1) is 11.5. The van der Waals surface area contributed by atoms with Gasteiger partial charge in [-0.1, -0.05) is 12.1 Å². The fraction of sp³-hybridized carbons (Fsp3) is 0.125. The van der Waals surface area contributed by atoms with Crippen LogP contribution < -0.4 is 9.46 Å². The van der Waals surface area contributed by atoms with E-state index in [1.807, 2.05) is 0 Å². The molecule has 1 N–H and O–H groups in total. The molecule has 124 valence electrons. The Bertz CT molecular complexity index is 908. The van der Waals surface area contributed by atoms with Crippen molar-refractivity contribution in [2.45, 2.75) is 11.3 Å². The van der Waals surface area contributed by atoms with Gasteiger partial charge in [0.05, 0.1) is 17.9 Å². The Labute approximate surface area is 138 Å². The van der Waals surface area contributed by atoms with E-state index in [0.29, 0.717) is 5.56 Å². The third-order valence-electron chi connectivity index (χ3n) is 3.29. The molecule has 0 spiro atoms. The van der Waals surface area contributed by atoms with E-state index in [2.05, 4.69) is 9.71 Å². The van der Waals surface area contributed by atoms with Crippen molar-refractivity contribution in [1.82, 2.24) is 4.72 Å². The normalized spacial score (nSPS) is 16.5. The third-order valence-corrected chi connectivity index (χ3v) is 4.69. The number of aliphatic imine (C=N–C) groups is 1. The quantitative estimate of drug-likeness (QED) is 0.675. The zero-order chi connectivity index (χ0) is 17.2. The Kier molecular flexibility index (Phi) is 4.30. The lowest BCUT2D eigenvalue weighted by molar-refractivity contribution is -0.134. The fourth-order valence-corrected chi connectivity index (χ4v) is 3.45. The summed E-state index contributed by atoms with van der Waals surface area (Å²) in [5.74, 6) is -0.519. The van der Waals surface area contributed by atoms with Crippen LogP contribution in [-0.2, 0) is 14.8 Å². The molecule has 1 heterocycles. The zero-order valence-electron chi connectivity index (χ0n) is 12.4. The summed E-state index contributed by atoms with van der Waals surface area (Å²) in [6.07, 6.45) is -0.0369. The topological polar surface area (TPSA) is 84.8 Å². The van der Waals surface area contributed by atoms with Crippen LogP contribution in [0.5, 0.6) is 5.75 Å². The SMILES string of the molecule is O=C(CCN=C1NS(=O)(=O)c2ccccc21)Oc1ccc(F)cc1. The molecule has 1 aliphatic rings. The number of benzene rings is 2. The number of carbonyl (C=O) groups is 1. The van der Waals surface area contributed by atoms with Gasteiger partial charge in [-0.2, -0.15) is 0 Å².